The van der Waals surface area contributed by atoms with Gasteiger partial charge in [0.2, 0.25) is 6.79 Å². The summed E-state index contributed by atoms with van der Waals surface area (Å²) in [5, 5.41) is 4.15. The maximum Gasteiger partial charge on any atom is 0.231 e. The molecule has 2 aliphatic heterocycles. The highest BCUT2D eigenvalue weighted by atomic mass is 35.5. The van der Waals surface area contributed by atoms with Crippen LogP contribution in [0.1, 0.15) is 18.1 Å². The van der Waals surface area contributed by atoms with Crippen molar-refractivity contribution in [2.24, 2.45) is 0 Å². The molecule has 2 aliphatic rings. The molecule has 0 saturated carbocycles. The second-order valence-corrected chi connectivity index (χ2v) is 7.18. The van der Waals surface area contributed by atoms with Crippen LogP contribution >= 0.6 is 23.2 Å². The van der Waals surface area contributed by atoms with E-state index in [-0.39, 0.29) is 12.6 Å². The summed E-state index contributed by atoms with van der Waals surface area (Å²) >= 11 is 12.0. The van der Waals surface area contributed by atoms with E-state index in [1.807, 2.05) is 12.1 Å². The molecule has 0 amide bonds. The highest BCUT2D eigenvalue weighted by Crippen LogP contribution is 2.38. The Morgan fingerprint density at radius 1 is 1.22 bits per heavy atom. The smallest absolute Gasteiger partial charge is 0.231 e. The van der Waals surface area contributed by atoms with Gasteiger partial charge in [-0.25, -0.2) is 0 Å². The van der Waals surface area contributed by atoms with Crippen molar-refractivity contribution in [2.45, 2.75) is 19.4 Å². The molecule has 0 bridgehead atoms. The van der Waals surface area contributed by atoms with E-state index in [1.165, 1.54) is 0 Å². The van der Waals surface area contributed by atoms with E-state index in [9.17, 15) is 4.79 Å². The van der Waals surface area contributed by atoms with Crippen LogP contribution in [-0.4, -0.2) is 25.2 Å². The molecule has 0 aliphatic carbocycles. The summed E-state index contributed by atoms with van der Waals surface area (Å²) in [6.07, 6.45) is 1.72. The third-order valence-corrected chi connectivity index (χ3v) is 5.01. The van der Waals surface area contributed by atoms with Crippen molar-refractivity contribution in [1.82, 2.24) is 5.32 Å². The van der Waals surface area contributed by atoms with Crippen LogP contribution in [0.3, 0.4) is 0 Å². The maximum absolute atomic E-state index is 12.7. The van der Waals surface area contributed by atoms with Gasteiger partial charge in [0, 0.05) is 28.9 Å². The van der Waals surface area contributed by atoms with Crippen molar-refractivity contribution in [2.75, 3.05) is 13.3 Å². The van der Waals surface area contributed by atoms with Crippen molar-refractivity contribution in [3.8, 4) is 17.2 Å². The van der Waals surface area contributed by atoms with Crippen LogP contribution in [-0.2, 0) is 11.2 Å². The first-order chi connectivity index (χ1) is 13.0. The minimum Gasteiger partial charge on any atom is -0.481 e. The van der Waals surface area contributed by atoms with Crippen LogP contribution in [0.25, 0.3) is 5.70 Å². The third-order valence-electron chi connectivity index (χ3n) is 4.48. The highest BCUT2D eigenvalue weighted by molar-refractivity contribution is 6.35. The van der Waals surface area contributed by atoms with E-state index in [0.717, 1.165) is 35.5 Å². The number of ether oxygens (including phenoxy) is 3. The second-order valence-electron chi connectivity index (χ2n) is 6.33. The Morgan fingerprint density at radius 2 is 2.00 bits per heavy atom. The molecule has 4 rings (SSSR count). The fourth-order valence-corrected chi connectivity index (χ4v) is 3.53. The van der Waals surface area contributed by atoms with Crippen LogP contribution in [0, 0.1) is 0 Å². The topological polar surface area (TPSA) is 56.8 Å². The lowest BCUT2D eigenvalue weighted by Gasteiger charge is -2.22. The number of carbonyl (C=O) groups excluding carboxylic acids is 1. The fraction of sp³-hybridized carbons (Fsp3) is 0.250. The zero-order valence-electron chi connectivity index (χ0n) is 14.6. The maximum atomic E-state index is 12.7. The lowest BCUT2D eigenvalue weighted by Crippen LogP contribution is -2.27. The summed E-state index contributed by atoms with van der Waals surface area (Å²) < 4.78 is 16.6. The van der Waals surface area contributed by atoms with Crippen LogP contribution in [0.15, 0.2) is 36.4 Å². The van der Waals surface area contributed by atoms with Gasteiger partial charge in [-0.3, -0.25) is 4.79 Å². The normalized spacial score (nSPS) is 17.2. The number of fused-ring (bicyclic) bond motifs is 2. The third kappa shape index (κ3) is 3.70. The molecule has 2 aromatic rings. The SMILES string of the molecule is C[C@H](Oc1ccc(Cl)cc1Cl)C(=O)/C=C1\NCCc2cc3c(cc21)OCO3. The van der Waals surface area contributed by atoms with Crippen molar-refractivity contribution in [1.29, 1.82) is 0 Å². The molecule has 1 N–H and O–H groups in total. The number of ketones is 1. The number of nitrogens with one attached hydrogen (secondary N) is 1. The molecule has 0 saturated heterocycles. The van der Waals surface area contributed by atoms with E-state index >= 15 is 0 Å². The second kappa shape index (κ2) is 7.33. The number of benzene rings is 2. The number of rotatable bonds is 4. The highest BCUT2D eigenvalue weighted by Gasteiger charge is 2.23. The van der Waals surface area contributed by atoms with Crippen molar-refractivity contribution >= 4 is 34.7 Å². The summed E-state index contributed by atoms with van der Waals surface area (Å²) in [7, 11) is 0. The van der Waals surface area contributed by atoms with Crippen LogP contribution in [0.4, 0.5) is 0 Å². The first-order valence-electron chi connectivity index (χ1n) is 8.55. The largest absolute Gasteiger partial charge is 0.481 e. The van der Waals surface area contributed by atoms with Crippen LogP contribution < -0.4 is 19.5 Å². The molecule has 0 spiro atoms. The Hall–Kier alpha value is -2.37. The lowest BCUT2D eigenvalue weighted by atomic mass is 9.96. The molecule has 0 radical (unpaired) electrons. The first-order valence-corrected chi connectivity index (χ1v) is 9.31. The van der Waals surface area contributed by atoms with Crippen LogP contribution in [0.2, 0.25) is 10.0 Å². The number of carbonyl (C=O) groups is 1. The molecule has 2 heterocycles. The van der Waals surface area contributed by atoms with Gasteiger partial charge in [-0.15, -0.1) is 0 Å². The van der Waals surface area contributed by atoms with E-state index in [4.69, 9.17) is 37.4 Å². The number of halogens is 2. The predicted molar refractivity (Wildman–Crippen MR) is 104 cm³/mol. The number of hydrogen-bond donors (Lipinski definition) is 1. The molecule has 7 heteroatoms. The minimum absolute atomic E-state index is 0.172. The number of hydrogen-bond acceptors (Lipinski definition) is 5. The van der Waals surface area contributed by atoms with Gasteiger partial charge in [-0.1, -0.05) is 23.2 Å². The molecular weight excluding hydrogens is 389 g/mol. The van der Waals surface area contributed by atoms with E-state index in [2.05, 4.69) is 5.32 Å². The van der Waals surface area contributed by atoms with Crippen molar-refractivity contribution in [3.63, 3.8) is 0 Å². The Morgan fingerprint density at radius 3 is 2.78 bits per heavy atom. The monoisotopic (exact) mass is 405 g/mol. The van der Waals surface area contributed by atoms with Gasteiger partial charge in [-0.05, 0) is 49.2 Å². The Bertz CT molecular complexity index is 942. The fourth-order valence-electron chi connectivity index (χ4n) is 3.08. The summed E-state index contributed by atoms with van der Waals surface area (Å²) in [6.45, 7) is 2.65. The first kappa shape index (κ1) is 18.0. The molecule has 0 fully saturated rings. The van der Waals surface area contributed by atoms with Gasteiger partial charge in [-0.2, -0.15) is 0 Å². The minimum atomic E-state index is -0.697. The van der Waals surface area contributed by atoms with E-state index < -0.39 is 6.10 Å². The summed E-state index contributed by atoms with van der Waals surface area (Å²) in [6, 6.07) is 8.78. The van der Waals surface area contributed by atoms with Crippen LogP contribution in [0.5, 0.6) is 17.2 Å². The van der Waals surface area contributed by atoms with Gasteiger partial charge in [0.15, 0.2) is 23.4 Å². The van der Waals surface area contributed by atoms with Gasteiger partial charge in [0.25, 0.3) is 0 Å². The Labute approximate surface area is 166 Å². The average Bonchev–Trinajstić information content (AvgIpc) is 3.10. The van der Waals surface area contributed by atoms with Crippen molar-refractivity contribution in [3.05, 3.63) is 57.6 Å². The van der Waals surface area contributed by atoms with Gasteiger partial charge < -0.3 is 19.5 Å². The standard InChI is InChI=1S/C20H17Cl2NO4/c1-11(27-18-3-2-13(21)7-15(18)22)17(24)9-16-14-8-20-19(25-10-26-20)6-12(14)4-5-23-16/h2-3,6-9,11,23H,4-5,10H2,1H3/b16-9-/t11-/m0/s1. The quantitative estimate of drug-likeness (QED) is 0.770. The molecule has 2 aromatic carbocycles. The zero-order chi connectivity index (χ0) is 19.0. The molecule has 140 valence electrons. The predicted octanol–water partition coefficient (Wildman–Crippen LogP) is 4.25. The Balaban J connectivity index is 1.56. The molecule has 1 atom stereocenters. The van der Waals surface area contributed by atoms with E-state index in [1.54, 1.807) is 31.2 Å². The van der Waals surface area contributed by atoms with Gasteiger partial charge in [0.05, 0.1) is 5.02 Å². The van der Waals surface area contributed by atoms with E-state index in [0.29, 0.717) is 21.5 Å². The molecular formula is C20H17Cl2NO4. The molecule has 5 nitrogen and oxygen atoms in total. The summed E-state index contributed by atoms with van der Waals surface area (Å²) in [5.74, 6) is 1.68. The lowest BCUT2D eigenvalue weighted by molar-refractivity contribution is -0.120. The summed E-state index contributed by atoms with van der Waals surface area (Å²) in [4.78, 5) is 12.7. The molecule has 27 heavy (non-hydrogen) atoms. The average molecular weight is 406 g/mol. The summed E-state index contributed by atoms with van der Waals surface area (Å²) in [5.41, 5.74) is 2.80. The molecule has 0 aromatic heterocycles. The molecule has 0 unspecified atom stereocenters. The zero-order valence-corrected chi connectivity index (χ0v) is 16.1. The van der Waals surface area contributed by atoms with Crippen molar-refractivity contribution < 1.29 is 19.0 Å². The Kier molecular flexibility index (Phi) is 4.89. The van der Waals surface area contributed by atoms with Gasteiger partial charge in [0.1, 0.15) is 5.75 Å². The van der Waals surface area contributed by atoms with Gasteiger partial charge >= 0.3 is 0 Å².